The molecule has 1 saturated heterocycles. The van der Waals surface area contributed by atoms with Crippen LogP contribution in [0.2, 0.25) is 0 Å². The zero-order valence-electron chi connectivity index (χ0n) is 10.8. The number of nitriles is 1. The van der Waals surface area contributed by atoms with Crippen LogP contribution >= 0.6 is 0 Å². The van der Waals surface area contributed by atoms with E-state index >= 15 is 0 Å². The molecular weight excluding hydrogens is 228 g/mol. The van der Waals surface area contributed by atoms with Crippen LogP contribution in [0.15, 0.2) is 24.3 Å². The van der Waals surface area contributed by atoms with Crippen LogP contribution in [0.5, 0.6) is 0 Å². The fourth-order valence-electron chi connectivity index (χ4n) is 1.82. The molecule has 0 bridgehead atoms. The summed E-state index contributed by atoms with van der Waals surface area (Å²) in [5, 5.41) is 12.0. The Kier molecular flexibility index (Phi) is 3.85. The monoisotopic (exact) mass is 246 g/mol. The van der Waals surface area contributed by atoms with E-state index in [0.29, 0.717) is 19.6 Å². The van der Waals surface area contributed by atoms with Crippen molar-refractivity contribution in [2.24, 2.45) is 0 Å². The summed E-state index contributed by atoms with van der Waals surface area (Å²) in [5.74, 6) is -0.477. The van der Waals surface area contributed by atoms with Crippen molar-refractivity contribution < 1.29 is 9.47 Å². The van der Waals surface area contributed by atoms with Gasteiger partial charge in [-0.3, -0.25) is 0 Å². The van der Waals surface area contributed by atoms with E-state index in [-0.39, 0.29) is 6.04 Å². The van der Waals surface area contributed by atoms with E-state index < -0.39 is 5.79 Å². The quantitative estimate of drug-likeness (QED) is 0.889. The minimum atomic E-state index is -0.477. The zero-order valence-corrected chi connectivity index (χ0v) is 10.8. The first-order chi connectivity index (χ1) is 8.59. The first-order valence-electron chi connectivity index (χ1n) is 6.09. The van der Waals surface area contributed by atoms with Gasteiger partial charge in [-0.25, -0.2) is 0 Å². The lowest BCUT2D eigenvalue weighted by Crippen LogP contribution is -2.45. The van der Waals surface area contributed by atoms with Crippen LogP contribution in [-0.2, 0) is 15.9 Å². The molecule has 1 aromatic rings. The van der Waals surface area contributed by atoms with E-state index in [1.807, 2.05) is 38.1 Å². The third kappa shape index (κ3) is 3.46. The molecule has 1 fully saturated rings. The molecule has 0 aliphatic carbocycles. The third-order valence-electron chi connectivity index (χ3n) is 2.87. The van der Waals surface area contributed by atoms with Gasteiger partial charge in [-0.1, -0.05) is 12.1 Å². The van der Waals surface area contributed by atoms with E-state index in [1.54, 1.807) is 0 Å². The standard InChI is InChI=1S/C14H18N2O2/c1-14(2)17-9-13(10-18-14)16-12-5-3-11(4-6-12)7-8-15/h3-6,13,16H,7,9-10H2,1-2H3. The molecular formula is C14H18N2O2. The molecule has 1 heterocycles. The molecule has 0 aromatic heterocycles. The number of ether oxygens (including phenoxy) is 2. The molecule has 0 saturated carbocycles. The zero-order chi connectivity index (χ0) is 13.0. The van der Waals surface area contributed by atoms with E-state index in [2.05, 4.69) is 11.4 Å². The van der Waals surface area contributed by atoms with Crippen LogP contribution < -0.4 is 5.32 Å². The van der Waals surface area contributed by atoms with Crippen molar-refractivity contribution >= 4 is 5.69 Å². The molecule has 2 rings (SSSR count). The largest absolute Gasteiger partial charge is 0.378 e. The highest BCUT2D eigenvalue weighted by atomic mass is 16.7. The number of hydrogen-bond acceptors (Lipinski definition) is 4. The van der Waals surface area contributed by atoms with Gasteiger partial charge in [0.15, 0.2) is 5.79 Å². The van der Waals surface area contributed by atoms with Gasteiger partial charge in [0.1, 0.15) is 0 Å². The van der Waals surface area contributed by atoms with Crippen molar-refractivity contribution in [1.29, 1.82) is 5.26 Å². The number of nitrogens with zero attached hydrogens (tertiary/aromatic N) is 1. The number of benzene rings is 1. The second-order valence-corrected chi connectivity index (χ2v) is 4.89. The van der Waals surface area contributed by atoms with Crippen molar-refractivity contribution in [3.05, 3.63) is 29.8 Å². The predicted octanol–water partition coefficient (Wildman–Crippen LogP) is 2.32. The minimum Gasteiger partial charge on any atom is -0.378 e. The van der Waals surface area contributed by atoms with Gasteiger partial charge in [0.2, 0.25) is 0 Å². The summed E-state index contributed by atoms with van der Waals surface area (Å²) in [5.41, 5.74) is 2.05. The maximum atomic E-state index is 8.60. The lowest BCUT2D eigenvalue weighted by molar-refractivity contribution is -0.247. The Labute approximate surface area is 108 Å². The van der Waals surface area contributed by atoms with E-state index in [1.165, 1.54) is 0 Å². The average molecular weight is 246 g/mol. The van der Waals surface area contributed by atoms with Crippen molar-refractivity contribution in [3.8, 4) is 6.07 Å². The van der Waals surface area contributed by atoms with E-state index in [4.69, 9.17) is 14.7 Å². The van der Waals surface area contributed by atoms with E-state index in [9.17, 15) is 0 Å². The second kappa shape index (κ2) is 5.38. The fraction of sp³-hybridized carbons (Fsp3) is 0.500. The van der Waals surface area contributed by atoms with Gasteiger partial charge in [0.25, 0.3) is 0 Å². The summed E-state index contributed by atoms with van der Waals surface area (Å²) in [6.07, 6.45) is 0.449. The molecule has 4 heteroatoms. The molecule has 0 amide bonds. The Morgan fingerprint density at radius 1 is 1.28 bits per heavy atom. The molecule has 18 heavy (non-hydrogen) atoms. The van der Waals surface area contributed by atoms with Gasteiger partial charge in [-0.2, -0.15) is 5.26 Å². The molecule has 4 nitrogen and oxygen atoms in total. The van der Waals surface area contributed by atoms with Gasteiger partial charge in [0.05, 0.1) is 31.7 Å². The fourth-order valence-corrected chi connectivity index (χ4v) is 1.82. The number of rotatable bonds is 3. The summed E-state index contributed by atoms with van der Waals surface area (Å²) >= 11 is 0. The highest BCUT2D eigenvalue weighted by Gasteiger charge is 2.27. The third-order valence-corrected chi connectivity index (χ3v) is 2.87. The summed E-state index contributed by atoms with van der Waals surface area (Å²) in [6.45, 7) is 5.10. The molecule has 0 atom stereocenters. The highest BCUT2D eigenvalue weighted by molar-refractivity contribution is 5.45. The minimum absolute atomic E-state index is 0.167. The van der Waals surface area contributed by atoms with Crippen LogP contribution in [0.25, 0.3) is 0 Å². The first kappa shape index (κ1) is 12.9. The topological polar surface area (TPSA) is 54.3 Å². The number of nitrogens with one attached hydrogen (secondary N) is 1. The predicted molar refractivity (Wildman–Crippen MR) is 69.2 cm³/mol. The summed E-state index contributed by atoms with van der Waals surface area (Å²) in [7, 11) is 0. The Bertz CT molecular complexity index is 424. The summed E-state index contributed by atoms with van der Waals surface area (Å²) < 4.78 is 11.2. The van der Waals surface area contributed by atoms with Crippen LogP contribution in [0.3, 0.4) is 0 Å². The Morgan fingerprint density at radius 2 is 1.89 bits per heavy atom. The smallest absolute Gasteiger partial charge is 0.162 e. The summed E-state index contributed by atoms with van der Waals surface area (Å²) in [4.78, 5) is 0. The van der Waals surface area contributed by atoms with Gasteiger partial charge in [-0.05, 0) is 31.5 Å². The van der Waals surface area contributed by atoms with Crippen molar-refractivity contribution in [3.63, 3.8) is 0 Å². The maximum Gasteiger partial charge on any atom is 0.162 e. The van der Waals surface area contributed by atoms with Gasteiger partial charge < -0.3 is 14.8 Å². The van der Waals surface area contributed by atoms with Gasteiger partial charge in [-0.15, -0.1) is 0 Å². The van der Waals surface area contributed by atoms with Crippen molar-refractivity contribution in [2.75, 3.05) is 18.5 Å². The SMILES string of the molecule is CC1(C)OCC(Nc2ccc(CC#N)cc2)CO1. The molecule has 0 unspecified atom stereocenters. The van der Waals surface area contributed by atoms with E-state index in [0.717, 1.165) is 11.3 Å². The van der Waals surface area contributed by atoms with Crippen LogP contribution in [-0.4, -0.2) is 25.0 Å². The summed E-state index contributed by atoms with van der Waals surface area (Å²) in [6, 6.07) is 10.2. The maximum absolute atomic E-state index is 8.60. The Hall–Kier alpha value is -1.57. The lowest BCUT2D eigenvalue weighted by Gasteiger charge is -2.35. The van der Waals surface area contributed by atoms with Gasteiger partial charge >= 0.3 is 0 Å². The Morgan fingerprint density at radius 3 is 2.44 bits per heavy atom. The molecule has 96 valence electrons. The first-order valence-corrected chi connectivity index (χ1v) is 6.09. The lowest BCUT2D eigenvalue weighted by atomic mass is 10.1. The molecule has 1 aliphatic heterocycles. The van der Waals surface area contributed by atoms with Crippen LogP contribution in [0.1, 0.15) is 19.4 Å². The molecule has 0 radical (unpaired) electrons. The number of hydrogen-bond donors (Lipinski definition) is 1. The second-order valence-electron chi connectivity index (χ2n) is 4.89. The van der Waals surface area contributed by atoms with Crippen molar-refractivity contribution in [1.82, 2.24) is 0 Å². The highest BCUT2D eigenvalue weighted by Crippen LogP contribution is 2.19. The molecule has 0 spiro atoms. The van der Waals surface area contributed by atoms with Crippen molar-refractivity contribution in [2.45, 2.75) is 32.1 Å². The molecule has 1 N–H and O–H groups in total. The molecule has 1 aromatic carbocycles. The van der Waals surface area contributed by atoms with Crippen LogP contribution in [0.4, 0.5) is 5.69 Å². The average Bonchev–Trinajstić information content (AvgIpc) is 2.35. The number of anilines is 1. The normalized spacial score (nSPS) is 19.2. The molecule has 1 aliphatic rings. The van der Waals surface area contributed by atoms with Crippen LogP contribution in [0, 0.1) is 11.3 Å². The van der Waals surface area contributed by atoms with Gasteiger partial charge in [0, 0.05) is 5.69 Å². The Balaban J connectivity index is 1.89.